The number of rotatable bonds is 6. The maximum atomic E-state index is 12.0. The van der Waals surface area contributed by atoms with Crippen molar-refractivity contribution in [3.05, 3.63) is 58.1 Å². The van der Waals surface area contributed by atoms with Crippen molar-refractivity contribution in [1.29, 1.82) is 0 Å². The lowest BCUT2D eigenvalue weighted by atomic mass is 9.79. The number of ether oxygens (including phenoxy) is 1. The number of halogens is 1. The van der Waals surface area contributed by atoms with Crippen LogP contribution in [-0.2, 0) is 4.79 Å². The number of nitrogens with one attached hydrogen (secondary N) is 1. The first-order chi connectivity index (χ1) is 14.2. The first kappa shape index (κ1) is 22.3. The van der Waals surface area contributed by atoms with Gasteiger partial charge < -0.3 is 9.64 Å². The Bertz CT molecular complexity index is 923. The number of carbonyl (C=O) groups is 1. The summed E-state index contributed by atoms with van der Waals surface area (Å²) in [5.74, 6) is 0.805. The van der Waals surface area contributed by atoms with E-state index < -0.39 is 0 Å². The van der Waals surface area contributed by atoms with Crippen molar-refractivity contribution >= 4 is 33.7 Å². The van der Waals surface area contributed by atoms with E-state index in [2.05, 4.69) is 84.2 Å². The monoisotopic (exact) mass is 471 g/mol. The molecule has 30 heavy (non-hydrogen) atoms. The molecule has 6 heteroatoms. The van der Waals surface area contributed by atoms with Gasteiger partial charge in [0.25, 0.3) is 5.91 Å². The number of amides is 1. The van der Waals surface area contributed by atoms with Gasteiger partial charge in [0.2, 0.25) is 0 Å². The van der Waals surface area contributed by atoms with Crippen molar-refractivity contribution in [3.8, 4) is 5.75 Å². The van der Waals surface area contributed by atoms with E-state index in [1.807, 2.05) is 12.1 Å². The van der Waals surface area contributed by atoms with Crippen LogP contribution < -0.4 is 15.1 Å². The van der Waals surface area contributed by atoms with Crippen LogP contribution in [0.25, 0.3) is 0 Å². The zero-order valence-electron chi connectivity index (χ0n) is 18.3. The molecule has 5 nitrogen and oxygen atoms in total. The summed E-state index contributed by atoms with van der Waals surface area (Å²) < 4.78 is 6.42. The molecule has 2 aromatic carbocycles. The van der Waals surface area contributed by atoms with Crippen LogP contribution >= 0.6 is 15.9 Å². The number of carbonyl (C=O) groups excluding carboxylic acids is 1. The van der Waals surface area contributed by atoms with Crippen molar-refractivity contribution in [2.24, 2.45) is 5.10 Å². The van der Waals surface area contributed by atoms with E-state index in [0.29, 0.717) is 17.7 Å². The third kappa shape index (κ3) is 5.22. The Morgan fingerprint density at radius 2 is 2.00 bits per heavy atom. The fourth-order valence-corrected chi connectivity index (χ4v) is 4.68. The van der Waals surface area contributed by atoms with Crippen LogP contribution in [0.2, 0.25) is 0 Å². The lowest BCUT2D eigenvalue weighted by Crippen LogP contribution is -2.51. The highest BCUT2D eigenvalue weighted by atomic mass is 79.9. The van der Waals surface area contributed by atoms with E-state index in [4.69, 9.17) is 4.74 Å². The predicted molar refractivity (Wildman–Crippen MR) is 127 cm³/mol. The van der Waals surface area contributed by atoms with Gasteiger partial charge in [-0.2, -0.15) is 5.10 Å². The molecule has 0 unspecified atom stereocenters. The number of hydrazone groups is 1. The van der Waals surface area contributed by atoms with Gasteiger partial charge in [0.15, 0.2) is 6.61 Å². The van der Waals surface area contributed by atoms with Gasteiger partial charge in [-0.25, -0.2) is 5.43 Å². The van der Waals surface area contributed by atoms with Crippen molar-refractivity contribution in [2.45, 2.75) is 58.5 Å². The second kappa shape index (κ2) is 9.21. The van der Waals surface area contributed by atoms with Crippen molar-refractivity contribution < 1.29 is 9.53 Å². The number of anilines is 1. The van der Waals surface area contributed by atoms with Gasteiger partial charge in [-0.3, -0.25) is 4.79 Å². The topological polar surface area (TPSA) is 53.9 Å². The molecule has 1 N–H and O–H groups in total. The van der Waals surface area contributed by atoms with Crippen molar-refractivity contribution in [2.75, 3.05) is 11.5 Å². The number of benzene rings is 2. The van der Waals surface area contributed by atoms with Crippen LogP contribution in [0.3, 0.4) is 0 Å². The summed E-state index contributed by atoms with van der Waals surface area (Å²) in [7, 11) is 0. The fourth-order valence-electron chi connectivity index (χ4n) is 4.42. The number of hydrogen-bond acceptors (Lipinski definition) is 4. The summed E-state index contributed by atoms with van der Waals surface area (Å²) in [5.41, 5.74) is 6.24. The van der Waals surface area contributed by atoms with Crippen LogP contribution in [0.4, 0.5) is 5.69 Å². The molecule has 0 spiro atoms. The van der Waals surface area contributed by atoms with Crippen LogP contribution in [0.1, 0.15) is 58.1 Å². The van der Waals surface area contributed by atoms with E-state index in [1.54, 1.807) is 18.3 Å². The second-order valence-corrected chi connectivity index (χ2v) is 9.65. The zero-order chi connectivity index (χ0) is 21.9. The molecule has 0 aliphatic carbocycles. The molecule has 1 amide bonds. The van der Waals surface area contributed by atoms with Crippen molar-refractivity contribution in [1.82, 2.24) is 5.43 Å². The van der Waals surface area contributed by atoms with Gasteiger partial charge in [0.05, 0.1) is 6.21 Å². The lowest BCUT2D eigenvalue weighted by molar-refractivity contribution is -0.123. The molecular weight excluding hydrogens is 442 g/mol. The van der Waals surface area contributed by atoms with Gasteiger partial charge in [0, 0.05) is 21.7 Å². The lowest BCUT2D eigenvalue weighted by Gasteiger charge is -2.50. The van der Waals surface area contributed by atoms with Crippen LogP contribution in [0.15, 0.2) is 52.0 Å². The van der Waals surface area contributed by atoms with E-state index in [0.717, 1.165) is 16.5 Å². The number of fused-ring (bicyclic) bond motifs is 1. The summed E-state index contributed by atoms with van der Waals surface area (Å²) in [6.07, 6.45) is 2.78. The SMILES string of the molecule is CC(C)N1c2ccc(/C=N\NC(=O)COc3ccc(Br)cc3)cc2[C@@H](C)CC1(C)C. The van der Waals surface area contributed by atoms with E-state index >= 15 is 0 Å². The molecule has 0 radical (unpaired) electrons. The molecule has 0 saturated carbocycles. The van der Waals surface area contributed by atoms with E-state index in [9.17, 15) is 4.79 Å². The number of hydrogen-bond donors (Lipinski definition) is 1. The highest BCUT2D eigenvalue weighted by Crippen LogP contribution is 2.44. The van der Waals surface area contributed by atoms with Gasteiger partial charge in [0.1, 0.15) is 5.75 Å². The van der Waals surface area contributed by atoms with Gasteiger partial charge in [-0.1, -0.05) is 28.9 Å². The maximum absolute atomic E-state index is 12.0. The molecule has 160 valence electrons. The molecular formula is C24H30BrN3O2. The average Bonchev–Trinajstić information content (AvgIpc) is 2.67. The molecule has 1 aliphatic rings. The smallest absolute Gasteiger partial charge is 0.277 e. The Labute approximate surface area is 187 Å². The minimum atomic E-state index is -0.298. The largest absolute Gasteiger partial charge is 0.484 e. The molecule has 2 aromatic rings. The highest BCUT2D eigenvalue weighted by molar-refractivity contribution is 9.10. The predicted octanol–water partition coefficient (Wildman–Crippen LogP) is 5.48. The van der Waals surface area contributed by atoms with Crippen LogP contribution in [-0.4, -0.2) is 30.3 Å². The standard InChI is InChI=1S/C24H30BrN3O2/c1-16(2)28-22-11-6-18(12-21(22)17(3)13-24(28,4)5)14-26-27-23(29)15-30-20-9-7-19(25)8-10-20/h6-12,14,16-17H,13,15H2,1-5H3,(H,27,29)/b26-14-/t17-/m0/s1. The Morgan fingerprint density at radius 1 is 1.30 bits per heavy atom. The Morgan fingerprint density at radius 3 is 2.67 bits per heavy atom. The molecule has 0 bridgehead atoms. The summed E-state index contributed by atoms with van der Waals surface area (Å²) >= 11 is 3.37. The maximum Gasteiger partial charge on any atom is 0.277 e. The zero-order valence-corrected chi connectivity index (χ0v) is 19.9. The minimum absolute atomic E-state index is 0.0847. The third-order valence-corrected chi connectivity index (χ3v) is 5.93. The van der Waals surface area contributed by atoms with Crippen molar-refractivity contribution in [3.63, 3.8) is 0 Å². The Hall–Kier alpha value is -2.34. The molecule has 1 aliphatic heterocycles. The first-order valence-corrected chi connectivity index (χ1v) is 11.1. The van der Waals surface area contributed by atoms with E-state index in [-0.39, 0.29) is 18.1 Å². The quantitative estimate of drug-likeness (QED) is 0.448. The summed E-state index contributed by atoms with van der Waals surface area (Å²) in [6, 6.07) is 14.2. The highest BCUT2D eigenvalue weighted by Gasteiger charge is 2.37. The number of nitrogens with zero attached hydrogens (tertiary/aromatic N) is 2. The first-order valence-electron chi connectivity index (χ1n) is 10.3. The molecule has 0 saturated heterocycles. The Balaban J connectivity index is 1.63. The summed E-state index contributed by atoms with van der Waals surface area (Å²) in [4.78, 5) is 14.5. The van der Waals surface area contributed by atoms with Crippen LogP contribution in [0.5, 0.6) is 5.75 Å². The van der Waals surface area contributed by atoms with Gasteiger partial charge >= 0.3 is 0 Å². The molecule has 3 rings (SSSR count). The second-order valence-electron chi connectivity index (χ2n) is 8.74. The van der Waals surface area contributed by atoms with Crippen LogP contribution in [0, 0.1) is 0 Å². The summed E-state index contributed by atoms with van der Waals surface area (Å²) in [5, 5.41) is 4.10. The Kier molecular flexibility index (Phi) is 6.86. The minimum Gasteiger partial charge on any atom is -0.484 e. The normalized spacial score (nSPS) is 17.8. The molecule has 1 heterocycles. The van der Waals surface area contributed by atoms with Gasteiger partial charge in [-0.05, 0) is 87.6 Å². The molecule has 0 aromatic heterocycles. The molecule has 0 fully saturated rings. The average molecular weight is 472 g/mol. The fraction of sp³-hybridized carbons (Fsp3) is 0.417. The third-order valence-electron chi connectivity index (χ3n) is 5.40. The van der Waals surface area contributed by atoms with Gasteiger partial charge in [-0.15, -0.1) is 0 Å². The molecule has 1 atom stereocenters. The summed E-state index contributed by atoms with van der Waals surface area (Å²) in [6.45, 7) is 11.3. The van der Waals surface area contributed by atoms with E-state index in [1.165, 1.54) is 11.3 Å².